The molecule has 0 bridgehead atoms. The molecule has 70 valence electrons. The molecule has 0 saturated heterocycles. The van der Waals surface area contributed by atoms with Gasteiger partial charge in [0.15, 0.2) is 0 Å². The van der Waals surface area contributed by atoms with Crippen molar-refractivity contribution in [1.82, 2.24) is 0 Å². The van der Waals surface area contributed by atoms with Crippen molar-refractivity contribution in [2.24, 2.45) is 5.73 Å². The molecular formula is C10H12ClNO. The molecule has 1 aromatic rings. The number of benzene rings is 1. The second-order valence-corrected chi connectivity index (χ2v) is 3.66. The molecule has 1 atom stereocenters. The van der Waals surface area contributed by atoms with Gasteiger partial charge in [-0.25, -0.2) is 0 Å². The Morgan fingerprint density at radius 1 is 1.46 bits per heavy atom. The van der Waals surface area contributed by atoms with Gasteiger partial charge in [0.1, 0.15) is 5.75 Å². The van der Waals surface area contributed by atoms with Gasteiger partial charge in [-0.1, -0.05) is 23.7 Å². The van der Waals surface area contributed by atoms with Crippen LogP contribution in [0.4, 0.5) is 0 Å². The van der Waals surface area contributed by atoms with Gasteiger partial charge in [-0.05, 0) is 18.9 Å². The highest BCUT2D eigenvalue weighted by atomic mass is 35.5. The van der Waals surface area contributed by atoms with E-state index < -0.39 is 0 Å². The van der Waals surface area contributed by atoms with Crippen molar-refractivity contribution in [2.45, 2.75) is 18.9 Å². The Labute approximate surface area is 82.6 Å². The maximum atomic E-state index is 6.00. The Morgan fingerprint density at radius 3 is 3.15 bits per heavy atom. The Bertz CT molecular complexity index is 314. The van der Waals surface area contributed by atoms with Gasteiger partial charge in [-0.2, -0.15) is 0 Å². The van der Waals surface area contributed by atoms with Crippen LogP contribution in [-0.2, 0) is 0 Å². The molecule has 0 amide bonds. The van der Waals surface area contributed by atoms with E-state index in [0.29, 0.717) is 11.6 Å². The van der Waals surface area contributed by atoms with Gasteiger partial charge in [0.25, 0.3) is 0 Å². The summed E-state index contributed by atoms with van der Waals surface area (Å²) in [4.78, 5) is 0. The zero-order chi connectivity index (χ0) is 9.26. The van der Waals surface area contributed by atoms with Gasteiger partial charge in [0.2, 0.25) is 0 Å². The quantitative estimate of drug-likeness (QED) is 0.694. The van der Waals surface area contributed by atoms with Crippen molar-refractivity contribution in [3.8, 4) is 5.75 Å². The Balaban J connectivity index is 2.47. The van der Waals surface area contributed by atoms with Crippen molar-refractivity contribution in [3.63, 3.8) is 0 Å². The summed E-state index contributed by atoms with van der Waals surface area (Å²) in [5.74, 6) is 0.772. The fourth-order valence-corrected chi connectivity index (χ4v) is 1.84. The van der Waals surface area contributed by atoms with Crippen LogP contribution in [0.2, 0.25) is 5.02 Å². The molecule has 0 radical (unpaired) electrons. The van der Waals surface area contributed by atoms with Gasteiger partial charge in [0, 0.05) is 11.6 Å². The highest BCUT2D eigenvalue weighted by Crippen LogP contribution is 2.35. The normalized spacial score (nSPS) is 21.5. The molecule has 0 spiro atoms. The fraction of sp³-hybridized carbons (Fsp3) is 0.400. The summed E-state index contributed by atoms with van der Waals surface area (Å²) in [5, 5.41) is 0.662. The summed E-state index contributed by atoms with van der Waals surface area (Å²) >= 11 is 6.00. The Kier molecular flexibility index (Phi) is 2.42. The average molecular weight is 198 g/mol. The van der Waals surface area contributed by atoms with Crippen LogP contribution in [0, 0.1) is 0 Å². The third kappa shape index (κ3) is 1.64. The van der Waals surface area contributed by atoms with E-state index in [4.69, 9.17) is 22.1 Å². The molecule has 1 aromatic carbocycles. The summed E-state index contributed by atoms with van der Waals surface area (Å²) in [5.41, 5.74) is 7.01. The van der Waals surface area contributed by atoms with Crippen LogP contribution in [0.15, 0.2) is 18.2 Å². The summed E-state index contributed by atoms with van der Waals surface area (Å²) in [6, 6.07) is 5.79. The van der Waals surface area contributed by atoms with Gasteiger partial charge in [0.05, 0.1) is 11.6 Å². The highest BCUT2D eigenvalue weighted by Gasteiger charge is 2.17. The summed E-state index contributed by atoms with van der Waals surface area (Å²) in [6.45, 7) is 0.713. The van der Waals surface area contributed by atoms with E-state index in [9.17, 15) is 0 Å². The highest BCUT2D eigenvalue weighted by molar-refractivity contribution is 6.32. The van der Waals surface area contributed by atoms with Crippen LogP contribution < -0.4 is 10.5 Å². The minimum Gasteiger partial charge on any atom is -0.492 e. The molecule has 2 rings (SSSR count). The lowest BCUT2D eigenvalue weighted by molar-refractivity contribution is 0.316. The van der Waals surface area contributed by atoms with Crippen LogP contribution in [0.1, 0.15) is 24.4 Å². The molecule has 2 nitrogen and oxygen atoms in total. The molecule has 1 heterocycles. The lowest BCUT2D eigenvalue weighted by atomic mass is 10.0. The number of hydrogen-bond donors (Lipinski definition) is 1. The van der Waals surface area contributed by atoms with Crippen LogP contribution in [0.3, 0.4) is 0 Å². The topological polar surface area (TPSA) is 35.2 Å². The molecule has 0 fully saturated rings. The van der Waals surface area contributed by atoms with Crippen LogP contribution in [-0.4, -0.2) is 6.61 Å². The average Bonchev–Trinajstić information content (AvgIpc) is 2.30. The molecule has 2 N–H and O–H groups in total. The van der Waals surface area contributed by atoms with E-state index in [0.717, 1.165) is 24.2 Å². The number of halogens is 1. The molecular weight excluding hydrogens is 186 g/mol. The van der Waals surface area contributed by atoms with E-state index in [1.807, 2.05) is 18.2 Å². The van der Waals surface area contributed by atoms with Gasteiger partial charge in [-0.3, -0.25) is 0 Å². The van der Waals surface area contributed by atoms with Gasteiger partial charge < -0.3 is 10.5 Å². The van der Waals surface area contributed by atoms with Crippen molar-refractivity contribution >= 4 is 11.6 Å². The number of fused-ring (bicyclic) bond motifs is 1. The molecule has 0 aliphatic carbocycles. The number of ether oxygens (including phenoxy) is 1. The van der Waals surface area contributed by atoms with E-state index in [1.54, 1.807) is 0 Å². The Hall–Kier alpha value is -0.730. The molecule has 0 aromatic heterocycles. The summed E-state index contributed by atoms with van der Waals surface area (Å²) in [7, 11) is 0. The maximum Gasteiger partial charge on any atom is 0.142 e. The zero-order valence-electron chi connectivity index (χ0n) is 7.29. The van der Waals surface area contributed by atoms with Crippen molar-refractivity contribution in [2.75, 3.05) is 6.61 Å². The lowest BCUT2D eigenvalue weighted by Gasteiger charge is -2.12. The van der Waals surface area contributed by atoms with Crippen LogP contribution in [0.25, 0.3) is 0 Å². The number of nitrogens with two attached hydrogens (primary N) is 1. The van der Waals surface area contributed by atoms with Crippen molar-refractivity contribution in [1.29, 1.82) is 0 Å². The first-order valence-electron chi connectivity index (χ1n) is 4.46. The predicted octanol–water partition coefficient (Wildman–Crippen LogP) is 2.51. The third-order valence-corrected chi connectivity index (χ3v) is 2.60. The number of rotatable bonds is 0. The van der Waals surface area contributed by atoms with E-state index >= 15 is 0 Å². The summed E-state index contributed by atoms with van der Waals surface area (Å²) < 4.78 is 5.54. The Morgan fingerprint density at radius 2 is 2.31 bits per heavy atom. The molecule has 1 aliphatic heterocycles. The lowest BCUT2D eigenvalue weighted by Crippen LogP contribution is -2.08. The van der Waals surface area contributed by atoms with Crippen LogP contribution in [0.5, 0.6) is 5.75 Å². The SMILES string of the molecule is N[C@H]1CCCOc2c(Cl)cccc21. The monoisotopic (exact) mass is 197 g/mol. The van der Waals surface area contributed by atoms with Crippen molar-refractivity contribution in [3.05, 3.63) is 28.8 Å². The smallest absolute Gasteiger partial charge is 0.142 e. The third-order valence-electron chi connectivity index (χ3n) is 2.30. The second-order valence-electron chi connectivity index (χ2n) is 3.26. The molecule has 13 heavy (non-hydrogen) atoms. The number of para-hydroxylation sites is 1. The summed E-state index contributed by atoms with van der Waals surface area (Å²) in [6.07, 6.45) is 1.96. The van der Waals surface area contributed by atoms with Crippen molar-refractivity contribution < 1.29 is 4.74 Å². The minimum atomic E-state index is 0.0659. The number of hydrogen-bond acceptors (Lipinski definition) is 2. The minimum absolute atomic E-state index is 0.0659. The van der Waals surface area contributed by atoms with E-state index in [1.165, 1.54) is 0 Å². The maximum absolute atomic E-state index is 6.00. The first-order chi connectivity index (χ1) is 6.29. The van der Waals surface area contributed by atoms with E-state index in [-0.39, 0.29) is 6.04 Å². The van der Waals surface area contributed by atoms with Gasteiger partial charge >= 0.3 is 0 Å². The predicted molar refractivity (Wildman–Crippen MR) is 53.1 cm³/mol. The first-order valence-corrected chi connectivity index (χ1v) is 4.83. The second kappa shape index (κ2) is 3.56. The van der Waals surface area contributed by atoms with E-state index in [2.05, 4.69) is 0 Å². The fourth-order valence-electron chi connectivity index (χ4n) is 1.60. The zero-order valence-corrected chi connectivity index (χ0v) is 8.05. The molecule has 0 unspecified atom stereocenters. The van der Waals surface area contributed by atoms with Crippen LogP contribution >= 0.6 is 11.6 Å². The molecule has 1 aliphatic rings. The van der Waals surface area contributed by atoms with Gasteiger partial charge in [-0.15, -0.1) is 0 Å². The first kappa shape index (κ1) is 8.85. The molecule has 3 heteroatoms. The largest absolute Gasteiger partial charge is 0.492 e. The standard InChI is InChI=1S/C10H12ClNO/c11-8-4-1-3-7-9(12)5-2-6-13-10(7)8/h1,3-4,9H,2,5-6,12H2/t9-/m0/s1. The molecule has 0 saturated carbocycles.